The molecule has 2 N–H and O–H groups in total. The van der Waals surface area contributed by atoms with Crippen LogP contribution in [0, 0.1) is 5.92 Å². The Bertz CT molecular complexity index is 172. The van der Waals surface area contributed by atoms with E-state index >= 15 is 0 Å². The van der Waals surface area contributed by atoms with Gasteiger partial charge in [-0.2, -0.15) is 0 Å². The summed E-state index contributed by atoms with van der Waals surface area (Å²) in [6.07, 6.45) is 3.49. The van der Waals surface area contributed by atoms with Crippen molar-refractivity contribution in [3.8, 4) is 0 Å². The third-order valence-electron chi connectivity index (χ3n) is 2.02. The Hall–Kier alpha value is -0.540. The van der Waals surface area contributed by atoms with Crippen molar-refractivity contribution < 1.29 is 9.90 Å². The minimum absolute atomic E-state index is 0. The van der Waals surface area contributed by atoms with E-state index in [-0.39, 0.29) is 18.4 Å². The summed E-state index contributed by atoms with van der Waals surface area (Å²) < 4.78 is 0. The van der Waals surface area contributed by atoms with Crippen LogP contribution in [-0.2, 0) is 4.79 Å². The molecule has 1 saturated heterocycles. The molecule has 0 radical (unpaired) electrons. The summed E-state index contributed by atoms with van der Waals surface area (Å²) in [6.45, 7) is 4.43. The summed E-state index contributed by atoms with van der Waals surface area (Å²) in [7, 11) is 0. The first-order valence-corrected chi connectivity index (χ1v) is 3.81. The number of halogens is 1. The molecule has 0 aliphatic carbocycles. The smallest absolute Gasteiger partial charge is 0.320 e. The molecular weight excluding hydrogens is 178 g/mol. The lowest BCUT2D eigenvalue weighted by molar-refractivity contribution is -0.139. The Kier molecular flexibility index (Phi) is 4.93. The number of carboxylic acid groups (broad SMARTS) is 1. The van der Waals surface area contributed by atoms with Crippen molar-refractivity contribution in [2.45, 2.75) is 18.9 Å². The van der Waals surface area contributed by atoms with Crippen molar-refractivity contribution in [3.05, 3.63) is 12.7 Å². The number of rotatable bonds is 3. The maximum absolute atomic E-state index is 10.5. The fourth-order valence-corrected chi connectivity index (χ4v) is 1.41. The van der Waals surface area contributed by atoms with Gasteiger partial charge in [-0.25, -0.2) is 0 Å². The first-order chi connectivity index (χ1) is 5.24. The molecule has 0 amide bonds. The molecule has 12 heavy (non-hydrogen) atoms. The Balaban J connectivity index is 0.00000121. The van der Waals surface area contributed by atoms with Gasteiger partial charge >= 0.3 is 5.97 Å². The lowest BCUT2D eigenvalue weighted by Gasteiger charge is -2.02. The molecule has 2 unspecified atom stereocenters. The van der Waals surface area contributed by atoms with Crippen LogP contribution in [0.1, 0.15) is 12.8 Å². The maximum atomic E-state index is 10.5. The van der Waals surface area contributed by atoms with Crippen molar-refractivity contribution in [1.29, 1.82) is 0 Å². The van der Waals surface area contributed by atoms with Crippen molar-refractivity contribution in [2.24, 2.45) is 5.92 Å². The van der Waals surface area contributed by atoms with Crippen LogP contribution in [0.15, 0.2) is 12.7 Å². The molecule has 0 spiro atoms. The lowest BCUT2D eigenvalue weighted by atomic mass is 10.0. The highest BCUT2D eigenvalue weighted by Crippen LogP contribution is 2.17. The number of nitrogens with one attached hydrogen (secondary N) is 1. The maximum Gasteiger partial charge on any atom is 0.320 e. The second kappa shape index (κ2) is 5.17. The van der Waals surface area contributed by atoms with Crippen LogP contribution in [0.5, 0.6) is 0 Å². The first-order valence-electron chi connectivity index (χ1n) is 3.81. The van der Waals surface area contributed by atoms with E-state index in [0.29, 0.717) is 5.92 Å². The number of allylic oxidation sites excluding steroid dienone is 1. The Morgan fingerprint density at radius 3 is 2.83 bits per heavy atom. The summed E-state index contributed by atoms with van der Waals surface area (Å²) >= 11 is 0. The molecule has 1 fully saturated rings. The first kappa shape index (κ1) is 11.5. The molecule has 1 aliphatic heterocycles. The monoisotopic (exact) mass is 191 g/mol. The fraction of sp³-hybridized carbons (Fsp3) is 0.625. The minimum Gasteiger partial charge on any atom is -0.480 e. The highest BCUT2D eigenvalue weighted by Gasteiger charge is 2.27. The highest BCUT2D eigenvalue weighted by atomic mass is 35.5. The van der Waals surface area contributed by atoms with E-state index in [1.807, 2.05) is 6.08 Å². The largest absolute Gasteiger partial charge is 0.480 e. The third kappa shape index (κ3) is 2.83. The van der Waals surface area contributed by atoms with Crippen molar-refractivity contribution in [1.82, 2.24) is 5.32 Å². The van der Waals surface area contributed by atoms with E-state index in [1.54, 1.807) is 0 Å². The zero-order valence-corrected chi connectivity index (χ0v) is 7.64. The summed E-state index contributed by atoms with van der Waals surface area (Å²) in [4.78, 5) is 10.5. The van der Waals surface area contributed by atoms with Gasteiger partial charge in [-0.05, 0) is 25.3 Å². The topological polar surface area (TPSA) is 49.3 Å². The normalized spacial score (nSPS) is 27.7. The van der Waals surface area contributed by atoms with E-state index < -0.39 is 5.97 Å². The van der Waals surface area contributed by atoms with Crippen LogP contribution in [-0.4, -0.2) is 23.7 Å². The summed E-state index contributed by atoms with van der Waals surface area (Å²) in [5.41, 5.74) is 0. The van der Waals surface area contributed by atoms with Gasteiger partial charge in [0.1, 0.15) is 6.04 Å². The molecule has 0 aromatic heterocycles. The second-order valence-corrected chi connectivity index (χ2v) is 2.93. The van der Waals surface area contributed by atoms with Crippen molar-refractivity contribution >= 4 is 18.4 Å². The minimum atomic E-state index is -0.739. The van der Waals surface area contributed by atoms with E-state index in [9.17, 15) is 4.79 Å². The average Bonchev–Trinajstić information content (AvgIpc) is 2.37. The predicted octanol–water partition coefficient (Wildman–Crippen LogP) is 1.05. The van der Waals surface area contributed by atoms with Gasteiger partial charge in [0, 0.05) is 0 Å². The molecule has 1 rings (SSSR count). The van der Waals surface area contributed by atoms with Gasteiger partial charge in [0.2, 0.25) is 0 Å². The summed E-state index contributed by atoms with van der Waals surface area (Å²) in [5.74, 6) is -0.273. The molecule has 0 aromatic rings. The Morgan fingerprint density at radius 2 is 2.42 bits per heavy atom. The molecule has 3 nitrogen and oxygen atoms in total. The van der Waals surface area contributed by atoms with E-state index in [4.69, 9.17) is 5.11 Å². The van der Waals surface area contributed by atoms with Gasteiger partial charge in [0.25, 0.3) is 0 Å². The van der Waals surface area contributed by atoms with Crippen LogP contribution in [0.4, 0.5) is 0 Å². The quantitative estimate of drug-likeness (QED) is 0.656. The molecule has 1 heterocycles. The van der Waals surface area contributed by atoms with Gasteiger partial charge < -0.3 is 10.4 Å². The lowest BCUT2D eigenvalue weighted by Crippen LogP contribution is -2.29. The SMILES string of the molecule is C=CCC1CNC(C(=O)O)C1.Cl. The van der Waals surface area contributed by atoms with Crippen LogP contribution in [0.25, 0.3) is 0 Å². The molecule has 0 saturated carbocycles. The van der Waals surface area contributed by atoms with E-state index in [0.717, 1.165) is 19.4 Å². The van der Waals surface area contributed by atoms with E-state index in [2.05, 4.69) is 11.9 Å². The zero-order valence-electron chi connectivity index (χ0n) is 6.82. The van der Waals surface area contributed by atoms with Gasteiger partial charge in [0.15, 0.2) is 0 Å². The highest BCUT2D eigenvalue weighted by molar-refractivity contribution is 5.85. The van der Waals surface area contributed by atoms with Crippen LogP contribution in [0.3, 0.4) is 0 Å². The van der Waals surface area contributed by atoms with Gasteiger partial charge in [-0.1, -0.05) is 6.08 Å². The Morgan fingerprint density at radius 1 is 1.75 bits per heavy atom. The summed E-state index contributed by atoms with van der Waals surface area (Å²) in [5, 5.41) is 11.6. The van der Waals surface area contributed by atoms with Crippen LogP contribution < -0.4 is 5.32 Å². The van der Waals surface area contributed by atoms with Crippen LogP contribution in [0.2, 0.25) is 0 Å². The van der Waals surface area contributed by atoms with Crippen molar-refractivity contribution in [3.63, 3.8) is 0 Å². The molecule has 4 heteroatoms. The number of aliphatic carboxylic acids is 1. The van der Waals surface area contributed by atoms with Crippen molar-refractivity contribution in [2.75, 3.05) is 6.54 Å². The number of hydrogen-bond donors (Lipinski definition) is 2. The summed E-state index contributed by atoms with van der Waals surface area (Å²) in [6, 6.07) is -0.333. The average molecular weight is 192 g/mol. The molecule has 2 atom stereocenters. The molecule has 0 bridgehead atoms. The van der Waals surface area contributed by atoms with Gasteiger partial charge in [-0.15, -0.1) is 19.0 Å². The third-order valence-corrected chi connectivity index (χ3v) is 2.02. The van der Waals surface area contributed by atoms with Gasteiger partial charge in [-0.3, -0.25) is 4.79 Å². The van der Waals surface area contributed by atoms with Crippen LogP contribution >= 0.6 is 12.4 Å². The number of hydrogen-bond acceptors (Lipinski definition) is 2. The molecule has 70 valence electrons. The number of carboxylic acids is 1. The molecule has 1 aliphatic rings. The standard InChI is InChI=1S/C8H13NO2.ClH/c1-2-3-6-4-7(8(10)11)9-5-6;/h2,6-7,9H,1,3-5H2,(H,10,11);1H. The predicted molar refractivity (Wildman–Crippen MR) is 49.6 cm³/mol. The molecular formula is C8H14ClNO2. The molecule has 0 aromatic carbocycles. The van der Waals surface area contributed by atoms with E-state index in [1.165, 1.54) is 0 Å². The zero-order chi connectivity index (χ0) is 8.27. The number of carbonyl (C=O) groups is 1. The van der Waals surface area contributed by atoms with Gasteiger partial charge in [0.05, 0.1) is 0 Å². The Labute approximate surface area is 78.3 Å². The fourth-order valence-electron chi connectivity index (χ4n) is 1.41. The second-order valence-electron chi connectivity index (χ2n) is 2.93.